The molecule has 3 nitrogen and oxygen atoms in total. The maximum atomic E-state index is 11.5. The fourth-order valence-corrected chi connectivity index (χ4v) is 1.42. The van der Waals surface area contributed by atoms with Crippen molar-refractivity contribution < 1.29 is 9.53 Å². The van der Waals surface area contributed by atoms with Crippen LogP contribution in [0.2, 0.25) is 0 Å². The number of hydrogen-bond donors (Lipinski definition) is 1. The van der Waals surface area contributed by atoms with Gasteiger partial charge in [-0.25, -0.2) is 0 Å². The van der Waals surface area contributed by atoms with Crippen LogP contribution in [-0.4, -0.2) is 18.6 Å². The van der Waals surface area contributed by atoms with E-state index in [1.54, 1.807) is 0 Å². The van der Waals surface area contributed by atoms with Gasteiger partial charge in [-0.2, -0.15) is 0 Å². The van der Waals surface area contributed by atoms with Gasteiger partial charge in [-0.05, 0) is 44.4 Å². The van der Waals surface area contributed by atoms with Crippen LogP contribution in [0.3, 0.4) is 0 Å². The van der Waals surface area contributed by atoms with E-state index in [4.69, 9.17) is 4.74 Å². The number of nitrogens with one attached hydrogen (secondary N) is 1. The predicted molar refractivity (Wildman–Crippen MR) is 69.3 cm³/mol. The molecule has 3 heteroatoms. The summed E-state index contributed by atoms with van der Waals surface area (Å²) in [6, 6.07) is 6.18. The molecule has 0 aromatic heterocycles. The molecule has 0 bridgehead atoms. The summed E-state index contributed by atoms with van der Waals surface area (Å²) in [5, 5.41) is 2.87. The van der Waals surface area contributed by atoms with Gasteiger partial charge in [-0.15, -0.1) is 0 Å². The molecule has 0 saturated carbocycles. The lowest BCUT2D eigenvalue weighted by molar-refractivity contribution is -0.123. The summed E-state index contributed by atoms with van der Waals surface area (Å²) in [6.07, 6.45) is 0.926. The number of rotatable bonds is 5. The Labute approximate surface area is 103 Å². The Kier molecular flexibility index (Phi) is 5.01. The second-order valence-electron chi connectivity index (χ2n) is 4.43. The average Bonchev–Trinajstić information content (AvgIpc) is 2.30. The predicted octanol–water partition coefficient (Wildman–Crippen LogP) is 2.60. The first kappa shape index (κ1) is 13.6. The molecule has 1 aromatic carbocycles. The number of benzene rings is 1. The van der Waals surface area contributed by atoms with Gasteiger partial charge < -0.3 is 10.1 Å². The number of carbonyl (C=O) groups is 1. The summed E-state index contributed by atoms with van der Waals surface area (Å²) in [6.45, 7) is 8.08. The van der Waals surface area contributed by atoms with Crippen molar-refractivity contribution in [3.8, 4) is 5.75 Å². The zero-order valence-corrected chi connectivity index (χ0v) is 11.0. The van der Waals surface area contributed by atoms with Crippen molar-refractivity contribution >= 4 is 5.91 Å². The van der Waals surface area contributed by atoms with Crippen molar-refractivity contribution in [2.75, 3.05) is 6.61 Å². The molecule has 0 fully saturated rings. The number of carbonyl (C=O) groups excluding carboxylic acids is 1. The maximum Gasteiger partial charge on any atom is 0.258 e. The highest BCUT2D eigenvalue weighted by Crippen LogP contribution is 2.18. The van der Waals surface area contributed by atoms with E-state index in [0.29, 0.717) is 0 Å². The van der Waals surface area contributed by atoms with E-state index >= 15 is 0 Å². The zero-order valence-electron chi connectivity index (χ0n) is 11.0. The minimum Gasteiger partial charge on any atom is -0.483 e. The Morgan fingerprint density at radius 3 is 2.76 bits per heavy atom. The molecular weight excluding hydrogens is 214 g/mol. The van der Waals surface area contributed by atoms with Crippen LogP contribution in [0.4, 0.5) is 0 Å². The summed E-state index contributed by atoms with van der Waals surface area (Å²) < 4.78 is 5.51. The fraction of sp³-hybridized carbons (Fsp3) is 0.500. The largest absolute Gasteiger partial charge is 0.483 e. The standard InChI is InChI=1S/C14H21NO2/c1-5-12(4)15-14(16)9-17-13-8-10(2)6-7-11(13)3/h6-8,12H,5,9H2,1-4H3,(H,15,16)/t12-/m0/s1. The van der Waals surface area contributed by atoms with Crippen molar-refractivity contribution in [3.05, 3.63) is 29.3 Å². The fourth-order valence-electron chi connectivity index (χ4n) is 1.42. The average molecular weight is 235 g/mol. The van der Waals surface area contributed by atoms with Gasteiger partial charge in [0.15, 0.2) is 6.61 Å². The molecule has 0 unspecified atom stereocenters. The van der Waals surface area contributed by atoms with Crippen LogP contribution in [0.5, 0.6) is 5.75 Å². The highest BCUT2D eigenvalue weighted by atomic mass is 16.5. The van der Waals surface area contributed by atoms with Crippen molar-refractivity contribution in [3.63, 3.8) is 0 Å². The zero-order chi connectivity index (χ0) is 12.8. The van der Waals surface area contributed by atoms with Crippen molar-refractivity contribution in [1.82, 2.24) is 5.32 Å². The molecule has 0 aliphatic heterocycles. The highest BCUT2D eigenvalue weighted by molar-refractivity contribution is 5.77. The van der Waals surface area contributed by atoms with E-state index in [-0.39, 0.29) is 18.6 Å². The SMILES string of the molecule is CC[C@H](C)NC(=O)COc1cc(C)ccc1C. The monoisotopic (exact) mass is 235 g/mol. The minimum atomic E-state index is -0.0692. The van der Waals surface area contributed by atoms with Crippen LogP contribution in [0.15, 0.2) is 18.2 Å². The van der Waals surface area contributed by atoms with Crippen LogP contribution in [0.25, 0.3) is 0 Å². The van der Waals surface area contributed by atoms with E-state index in [1.807, 2.05) is 45.9 Å². The van der Waals surface area contributed by atoms with Gasteiger partial charge in [-0.3, -0.25) is 4.79 Å². The smallest absolute Gasteiger partial charge is 0.258 e. The molecule has 1 N–H and O–H groups in total. The van der Waals surface area contributed by atoms with Crippen LogP contribution in [0, 0.1) is 13.8 Å². The molecule has 1 aromatic rings. The summed E-state index contributed by atoms with van der Waals surface area (Å²) in [5.41, 5.74) is 2.18. The van der Waals surface area contributed by atoms with E-state index in [1.165, 1.54) is 0 Å². The molecule has 0 aliphatic rings. The van der Waals surface area contributed by atoms with E-state index in [9.17, 15) is 4.79 Å². The Morgan fingerprint density at radius 2 is 2.12 bits per heavy atom. The van der Waals surface area contributed by atoms with Crippen molar-refractivity contribution in [2.24, 2.45) is 0 Å². The topological polar surface area (TPSA) is 38.3 Å². The summed E-state index contributed by atoms with van der Waals surface area (Å²) in [4.78, 5) is 11.5. The Balaban J connectivity index is 2.50. The molecule has 17 heavy (non-hydrogen) atoms. The quantitative estimate of drug-likeness (QED) is 0.852. The highest BCUT2D eigenvalue weighted by Gasteiger charge is 2.07. The van der Waals surface area contributed by atoms with Crippen LogP contribution >= 0.6 is 0 Å². The van der Waals surface area contributed by atoms with E-state index in [0.717, 1.165) is 23.3 Å². The minimum absolute atomic E-state index is 0.0692. The molecule has 1 atom stereocenters. The lowest BCUT2D eigenvalue weighted by Crippen LogP contribution is -2.35. The van der Waals surface area contributed by atoms with Crippen LogP contribution in [-0.2, 0) is 4.79 Å². The third kappa shape index (κ3) is 4.47. The van der Waals surface area contributed by atoms with Gasteiger partial charge in [0.2, 0.25) is 0 Å². The molecule has 94 valence electrons. The third-order valence-corrected chi connectivity index (χ3v) is 2.72. The molecule has 0 heterocycles. The molecule has 0 spiro atoms. The van der Waals surface area contributed by atoms with Gasteiger partial charge in [0.05, 0.1) is 0 Å². The molecule has 0 saturated heterocycles. The maximum absolute atomic E-state index is 11.5. The van der Waals surface area contributed by atoms with Crippen LogP contribution in [0.1, 0.15) is 31.4 Å². The third-order valence-electron chi connectivity index (χ3n) is 2.72. The lowest BCUT2D eigenvalue weighted by atomic mass is 10.1. The normalized spacial score (nSPS) is 12.0. The van der Waals surface area contributed by atoms with Crippen molar-refractivity contribution in [1.29, 1.82) is 0 Å². The second kappa shape index (κ2) is 6.28. The van der Waals surface area contributed by atoms with Crippen LogP contribution < -0.4 is 10.1 Å². The summed E-state index contributed by atoms with van der Waals surface area (Å²) in [7, 11) is 0. The molecule has 0 aliphatic carbocycles. The number of amides is 1. The Hall–Kier alpha value is -1.51. The van der Waals surface area contributed by atoms with E-state index in [2.05, 4.69) is 5.32 Å². The summed E-state index contributed by atoms with van der Waals surface area (Å²) >= 11 is 0. The van der Waals surface area contributed by atoms with E-state index < -0.39 is 0 Å². The second-order valence-corrected chi connectivity index (χ2v) is 4.43. The number of ether oxygens (including phenoxy) is 1. The Bertz CT molecular complexity index is 388. The van der Waals surface area contributed by atoms with Gasteiger partial charge in [0.1, 0.15) is 5.75 Å². The van der Waals surface area contributed by atoms with Gasteiger partial charge in [0.25, 0.3) is 5.91 Å². The molecule has 0 radical (unpaired) electrons. The number of aryl methyl sites for hydroxylation is 2. The first-order chi connectivity index (χ1) is 8.02. The van der Waals surface area contributed by atoms with Gasteiger partial charge in [-0.1, -0.05) is 19.1 Å². The summed E-state index contributed by atoms with van der Waals surface area (Å²) in [5.74, 6) is 0.713. The molecule has 1 amide bonds. The Morgan fingerprint density at radius 1 is 1.41 bits per heavy atom. The van der Waals surface area contributed by atoms with Crippen molar-refractivity contribution in [2.45, 2.75) is 40.2 Å². The lowest BCUT2D eigenvalue weighted by Gasteiger charge is -2.13. The molecular formula is C14H21NO2. The first-order valence-corrected chi connectivity index (χ1v) is 6.02. The van der Waals surface area contributed by atoms with Gasteiger partial charge in [0, 0.05) is 6.04 Å². The number of hydrogen-bond acceptors (Lipinski definition) is 2. The molecule has 1 rings (SSSR count). The van der Waals surface area contributed by atoms with Gasteiger partial charge >= 0.3 is 0 Å². The first-order valence-electron chi connectivity index (χ1n) is 6.02.